The minimum absolute atomic E-state index is 0.0743. The van der Waals surface area contributed by atoms with Crippen molar-refractivity contribution < 1.29 is 9.31 Å². The second-order valence-corrected chi connectivity index (χ2v) is 4.79. The van der Waals surface area contributed by atoms with Gasteiger partial charge in [-0.25, -0.2) is 0 Å². The van der Waals surface area contributed by atoms with Gasteiger partial charge >= 0.3 is 5.79 Å². The lowest BCUT2D eigenvalue weighted by molar-refractivity contribution is -0.590. The summed E-state index contributed by atoms with van der Waals surface area (Å²) in [6, 6.07) is 7.34. The monoisotopic (exact) mass is 302 g/mol. The Hall–Kier alpha value is -1.59. The van der Waals surface area contributed by atoms with E-state index in [0.29, 0.717) is 11.8 Å². The number of anilines is 1. The Kier molecular flexibility index (Phi) is 3.78. The largest absolute Gasteiger partial charge is 0.402 e. The average molecular weight is 303 g/mol. The van der Waals surface area contributed by atoms with E-state index in [4.69, 9.17) is 23.2 Å². The van der Waals surface area contributed by atoms with Gasteiger partial charge in [-0.15, -0.1) is 0 Å². The van der Waals surface area contributed by atoms with Crippen molar-refractivity contribution in [2.75, 3.05) is 5.32 Å². The number of para-hydroxylation sites is 1. The van der Waals surface area contributed by atoms with E-state index >= 15 is 0 Å². The highest BCUT2D eigenvalue weighted by Crippen LogP contribution is 2.35. The summed E-state index contributed by atoms with van der Waals surface area (Å²) in [7, 11) is 0. The number of alkyl halides is 1. The molecule has 0 spiro atoms. The van der Waals surface area contributed by atoms with Crippen LogP contribution in [0.25, 0.3) is 0 Å². The van der Waals surface area contributed by atoms with Gasteiger partial charge in [0.15, 0.2) is 6.04 Å². The van der Waals surface area contributed by atoms with E-state index in [1.54, 1.807) is 30.3 Å². The molecule has 0 aliphatic heterocycles. The first-order chi connectivity index (χ1) is 8.93. The molecule has 0 saturated heterocycles. The smallest absolute Gasteiger partial charge is 0.370 e. The molecule has 7 heteroatoms. The van der Waals surface area contributed by atoms with Gasteiger partial charge in [-0.1, -0.05) is 41.4 Å². The highest BCUT2D eigenvalue weighted by molar-refractivity contribution is 6.44. The summed E-state index contributed by atoms with van der Waals surface area (Å²) in [6.45, 7) is 0. The summed E-state index contributed by atoms with van der Waals surface area (Å²) in [6.07, 6.45) is 1.90. The van der Waals surface area contributed by atoms with Crippen molar-refractivity contribution in [3.05, 3.63) is 62.7 Å². The minimum atomic E-state index is -2.84. The number of hydrogen-bond acceptors (Lipinski definition) is 3. The topological polar surface area (TPSA) is 55.2 Å². The van der Waals surface area contributed by atoms with Crippen molar-refractivity contribution in [1.29, 1.82) is 0 Å². The molecule has 2 unspecified atom stereocenters. The van der Waals surface area contributed by atoms with Gasteiger partial charge in [0.1, 0.15) is 0 Å². The molecule has 100 valence electrons. The quantitative estimate of drug-likeness (QED) is 0.526. The van der Waals surface area contributed by atoms with Crippen LogP contribution < -0.4 is 5.32 Å². The third-order valence-corrected chi connectivity index (χ3v) is 3.42. The molecule has 2 atom stereocenters. The summed E-state index contributed by atoms with van der Waals surface area (Å²) in [5.74, 6) is -2.84. The molecule has 0 amide bonds. The Morgan fingerprint density at radius 3 is 2.47 bits per heavy atom. The summed E-state index contributed by atoms with van der Waals surface area (Å²) >= 11 is 11.4. The molecular weight excluding hydrogens is 294 g/mol. The van der Waals surface area contributed by atoms with E-state index in [0.717, 1.165) is 0 Å². The van der Waals surface area contributed by atoms with Crippen LogP contribution in [0.5, 0.6) is 0 Å². The number of benzene rings is 1. The first-order valence-electron chi connectivity index (χ1n) is 5.34. The van der Waals surface area contributed by atoms with E-state index in [1.807, 2.05) is 0 Å². The van der Waals surface area contributed by atoms with Gasteiger partial charge in [0.2, 0.25) is 0 Å². The SMILES string of the molecule is O=[N+]([O-])C1(F)C=C(Cl)C(Cl)=CC1Nc1ccccc1. The summed E-state index contributed by atoms with van der Waals surface area (Å²) in [5.41, 5.74) is 0.545. The summed E-state index contributed by atoms with van der Waals surface area (Å²) < 4.78 is 14.4. The fourth-order valence-electron chi connectivity index (χ4n) is 1.70. The van der Waals surface area contributed by atoms with Crippen LogP contribution in [0.4, 0.5) is 10.1 Å². The third-order valence-electron chi connectivity index (χ3n) is 2.68. The van der Waals surface area contributed by atoms with E-state index in [-0.39, 0.29) is 10.1 Å². The van der Waals surface area contributed by atoms with Crippen molar-refractivity contribution in [3.8, 4) is 0 Å². The van der Waals surface area contributed by atoms with Crippen molar-refractivity contribution in [3.63, 3.8) is 0 Å². The number of nitrogens with one attached hydrogen (secondary N) is 1. The van der Waals surface area contributed by atoms with Gasteiger partial charge in [-0.05, 0) is 18.2 Å². The standard InChI is InChI=1S/C12H9Cl2FN2O2/c13-9-6-11(16-8-4-2-1-3-5-8)12(15,17(18)19)7-10(9)14/h1-7,11,16H. The number of nitro groups is 1. The number of hydrogen-bond donors (Lipinski definition) is 1. The third kappa shape index (κ3) is 2.72. The molecule has 4 nitrogen and oxygen atoms in total. The molecule has 19 heavy (non-hydrogen) atoms. The average Bonchev–Trinajstić information content (AvgIpc) is 2.37. The van der Waals surface area contributed by atoms with E-state index in [1.165, 1.54) is 6.08 Å². The Bertz CT molecular complexity index is 562. The first-order valence-corrected chi connectivity index (χ1v) is 6.10. The molecule has 1 aromatic carbocycles. The maximum absolute atomic E-state index is 14.4. The van der Waals surface area contributed by atoms with Gasteiger partial charge in [0, 0.05) is 11.8 Å². The van der Waals surface area contributed by atoms with Gasteiger partial charge in [-0.3, -0.25) is 10.1 Å². The Morgan fingerprint density at radius 1 is 1.26 bits per heavy atom. The highest BCUT2D eigenvalue weighted by Gasteiger charge is 2.51. The predicted molar refractivity (Wildman–Crippen MR) is 72.6 cm³/mol. The number of allylic oxidation sites excluding steroid dienone is 2. The maximum atomic E-state index is 14.4. The molecule has 0 aromatic heterocycles. The van der Waals surface area contributed by atoms with Crippen LogP contribution in [-0.2, 0) is 0 Å². The van der Waals surface area contributed by atoms with Crippen LogP contribution in [0.3, 0.4) is 0 Å². The van der Waals surface area contributed by atoms with E-state index in [9.17, 15) is 14.5 Å². The van der Waals surface area contributed by atoms with E-state index in [2.05, 4.69) is 5.32 Å². The Labute approximate surface area is 118 Å². The molecule has 0 saturated carbocycles. The van der Waals surface area contributed by atoms with Crippen LogP contribution >= 0.6 is 23.2 Å². The van der Waals surface area contributed by atoms with Crippen LogP contribution in [-0.4, -0.2) is 16.8 Å². The molecule has 1 aliphatic rings. The molecule has 0 bridgehead atoms. The van der Waals surface area contributed by atoms with Crippen LogP contribution in [0.1, 0.15) is 0 Å². The molecule has 0 heterocycles. The van der Waals surface area contributed by atoms with Crippen molar-refractivity contribution in [1.82, 2.24) is 0 Å². The van der Waals surface area contributed by atoms with Crippen molar-refractivity contribution in [2.24, 2.45) is 0 Å². The number of halogens is 3. The fourth-order valence-corrected chi connectivity index (χ4v) is 2.10. The molecule has 1 aliphatic carbocycles. The highest BCUT2D eigenvalue weighted by atomic mass is 35.5. The zero-order valence-electron chi connectivity index (χ0n) is 9.52. The van der Waals surface area contributed by atoms with Gasteiger partial charge in [0.25, 0.3) is 0 Å². The first kappa shape index (κ1) is 13.8. The fraction of sp³-hybridized carbons (Fsp3) is 0.167. The molecule has 2 rings (SSSR count). The lowest BCUT2D eigenvalue weighted by Gasteiger charge is -2.26. The molecule has 0 radical (unpaired) electrons. The molecule has 1 N–H and O–H groups in total. The predicted octanol–water partition coefficient (Wildman–Crippen LogP) is 3.67. The Morgan fingerprint density at radius 2 is 1.89 bits per heavy atom. The van der Waals surface area contributed by atoms with Gasteiger partial charge in [-0.2, -0.15) is 4.39 Å². The van der Waals surface area contributed by atoms with Gasteiger partial charge in [0.05, 0.1) is 15.0 Å². The molecule has 1 aromatic rings. The zero-order valence-corrected chi connectivity index (χ0v) is 11.0. The van der Waals surface area contributed by atoms with Crippen LogP contribution in [0.15, 0.2) is 52.5 Å². The maximum Gasteiger partial charge on any atom is 0.402 e. The zero-order chi connectivity index (χ0) is 14.0. The number of nitrogens with zero attached hydrogens (tertiary/aromatic N) is 1. The summed E-state index contributed by atoms with van der Waals surface area (Å²) in [4.78, 5) is 9.91. The summed E-state index contributed by atoms with van der Waals surface area (Å²) in [5, 5.41) is 13.6. The van der Waals surface area contributed by atoms with Crippen LogP contribution in [0.2, 0.25) is 0 Å². The lowest BCUT2D eigenvalue weighted by atomic mass is 10.00. The molecular formula is C12H9Cl2FN2O2. The van der Waals surface area contributed by atoms with Crippen molar-refractivity contribution in [2.45, 2.75) is 11.8 Å². The van der Waals surface area contributed by atoms with Crippen LogP contribution in [0, 0.1) is 10.1 Å². The van der Waals surface area contributed by atoms with Crippen molar-refractivity contribution >= 4 is 28.9 Å². The molecule has 0 fully saturated rings. The lowest BCUT2D eigenvalue weighted by Crippen LogP contribution is -2.48. The normalized spacial score (nSPS) is 26.4. The minimum Gasteiger partial charge on any atom is -0.370 e. The number of rotatable bonds is 3. The Balaban J connectivity index is 2.34. The van der Waals surface area contributed by atoms with Gasteiger partial charge < -0.3 is 5.32 Å². The second-order valence-electron chi connectivity index (χ2n) is 3.98. The second kappa shape index (κ2) is 5.19. The van der Waals surface area contributed by atoms with E-state index < -0.39 is 16.8 Å².